The average Bonchev–Trinajstić information content (AvgIpc) is 3.06. The monoisotopic (exact) mass is 341 g/mol. The number of hydrogen-bond donors (Lipinski definition) is 1. The zero-order chi connectivity index (χ0) is 17.7. The Hall–Kier alpha value is -2.77. The molecule has 0 fully saturated rings. The minimum Gasteiger partial charge on any atom is -0.459 e. The van der Waals surface area contributed by atoms with Crippen LogP contribution < -0.4 is 5.32 Å². The number of benzene rings is 1. The van der Waals surface area contributed by atoms with Crippen LogP contribution in [0.3, 0.4) is 0 Å². The second-order valence-corrected chi connectivity index (χ2v) is 4.98. The van der Waals surface area contributed by atoms with Crippen molar-refractivity contribution in [3.63, 3.8) is 0 Å². The molecule has 1 aromatic heterocycles. The van der Waals surface area contributed by atoms with Crippen molar-refractivity contribution in [1.82, 2.24) is 5.32 Å². The van der Waals surface area contributed by atoms with Gasteiger partial charge in [-0.25, -0.2) is 4.79 Å². The average molecular weight is 341 g/mol. The van der Waals surface area contributed by atoms with Crippen LogP contribution in [0.5, 0.6) is 0 Å². The van der Waals surface area contributed by atoms with Gasteiger partial charge in [0.2, 0.25) is 0 Å². The molecule has 2 aromatic rings. The highest BCUT2D eigenvalue weighted by molar-refractivity contribution is 5.94. The molecule has 0 radical (unpaired) electrons. The molecule has 0 saturated carbocycles. The summed E-state index contributed by atoms with van der Waals surface area (Å²) < 4.78 is 47.6. The molecule has 0 aliphatic carbocycles. The van der Waals surface area contributed by atoms with Crippen molar-refractivity contribution in [3.05, 3.63) is 59.5 Å². The van der Waals surface area contributed by atoms with Gasteiger partial charge in [0.1, 0.15) is 12.6 Å². The Bertz CT molecular complexity index is 710. The zero-order valence-corrected chi connectivity index (χ0v) is 12.6. The van der Waals surface area contributed by atoms with Gasteiger partial charge in [-0.15, -0.1) is 0 Å². The highest BCUT2D eigenvalue weighted by atomic mass is 19.4. The quantitative estimate of drug-likeness (QED) is 0.848. The van der Waals surface area contributed by atoms with Crippen LogP contribution in [0.2, 0.25) is 0 Å². The summed E-state index contributed by atoms with van der Waals surface area (Å²) in [5.74, 6) is -1.33. The zero-order valence-electron chi connectivity index (χ0n) is 12.6. The number of alkyl halides is 3. The first-order chi connectivity index (χ1) is 11.3. The lowest BCUT2D eigenvalue weighted by molar-refractivity contribution is -0.146. The van der Waals surface area contributed by atoms with E-state index in [0.29, 0.717) is 0 Å². The molecule has 1 aromatic carbocycles. The molecule has 0 aliphatic rings. The second-order valence-electron chi connectivity index (χ2n) is 4.98. The summed E-state index contributed by atoms with van der Waals surface area (Å²) in [5, 5.41) is 2.37. The molecule has 1 N–H and O–H groups in total. The third-order valence-corrected chi connectivity index (χ3v) is 3.08. The number of furan rings is 1. The Kier molecular flexibility index (Phi) is 5.28. The van der Waals surface area contributed by atoms with E-state index in [-0.39, 0.29) is 17.9 Å². The molecule has 1 atom stereocenters. The van der Waals surface area contributed by atoms with Crippen LogP contribution in [-0.2, 0) is 22.3 Å². The molecule has 2 rings (SSSR count). The topological polar surface area (TPSA) is 68.5 Å². The molecule has 0 spiro atoms. The number of carbonyl (C=O) groups is 2. The fourth-order valence-corrected chi connectivity index (χ4v) is 1.85. The molecule has 1 amide bonds. The lowest BCUT2D eigenvalue weighted by Gasteiger charge is -2.13. The summed E-state index contributed by atoms with van der Waals surface area (Å²) in [4.78, 5) is 23.5. The lowest BCUT2D eigenvalue weighted by atomic mass is 10.1. The molecule has 5 nitrogen and oxygen atoms in total. The molecule has 0 unspecified atom stereocenters. The first-order valence-corrected chi connectivity index (χ1v) is 6.94. The Morgan fingerprint density at radius 3 is 2.62 bits per heavy atom. The van der Waals surface area contributed by atoms with Gasteiger partial charge in [-0.3, -0.25) is 4.79 Å². The molecule has 1 heterocycles. The standard InChI is InChI=1S/C16H14F3NO4/c1-10(20-14(21)13-6-3-7-23-13)15(22)24-9-11-4-2-5-12(8-11)16(17,18)19/h2-8,10H,9H2,1H3,(H,20,21)/t10-/m0/s1. The SMILES string of the molecule is C[C@H](NC(=O)c1ccco1)C(=O)OCc1cccc(C(F)(F)F)c1. The van der Waals surface area contributed by atoms with E-state index in [2.05, 4.69) is 5.32 Å². The third-order valence-electron chi connectivity index (χ3n) is 3.08. The van der Waals surface area contributed by atoms with Crippen molar-refractivity contribution in [2.45, 2.75) is 25.7 Å². The van der Waals surface area contributed by atoms with E-state index < -0.39 is 29.7 Å². The van der Waals surface area contributed by atoms with Crippen LogP contribution in [0.1, 0.15) is 28.6 Å². The van der Waals surface area contributed by atoms with Gasteiger partial charge < -0.3 is 14.5 Å². The Morgan fingerprint density at radius 2 is 2.00 bits per heavy atom. The summed E-state index contributed by atoms with van der Waals surface area (Å²) in [5.41, 5.74) is -0.627. The molecular weight excluding hydrogens is 327 g/mol. The molecule has 0 bridgehead atoms. The molecular formula is C16H14F3NO4. The van der Waals surface area contributed by atoms with E-state index in [9.17, 15) is 22.8 Å². The van der Waals surface area contributed by atoms with Gasteiger partial charge in [0.05, 0.1) is 11.8 Å². The fraction of sp³-hybridized carbons (Fsp3) is 0.250. The number of hydrogen-bond acceptors (Lipinski definition) is 4. The van der Waals surface area contributed by atoms with Gasteiger partial charge >= 0.3 is 12.1 Å². The van der Waals surface area contributed by atoms with Gasteiger partial charge in [0, 0.05) is 0 Å². The van der Waals surface area contributed by atoms with E-state index >= 15 is 0 Å². The van der Waals surface area contributed by atoms with E-state index in [1.807, 2.05) is 0 Å². The largest absolute Gasteiger partial charge is 0.459 e. The number of carbonyl (C=O) groups excluding carboxylic acids is 2. The van der Waals surface area contributed by atoms with E-state index in [0.717, 1.165) is 12.1 Å². The van der Waals surface area contributed by atoms with Crippen LogP contribution in [0.15, 0.2) is 47.1 Å². The smallest absolute Gasteiger partial charge is 0.416 e. The summed E-state index contributed by atoms with van der Waals surface area (Å²) in [7, 11) is 0. The summed E-state index contributed by atoms with van der Waals surface area (Å²) >= 11 is 0. The predicted octanol–water partition coefficient (Wildman–Crippen LogP) is 3.16. The minimum absolute atomic E-state index is 0.0347. The van der Waals surface area contributed by atoms with E-state index in [4.69, 9.17) is 9.15 Å². The maximum absolute atomic E-state index is 12.6. The number of nitrogens with one attached hydrogen (secondary N) is 1. The third kappa shape index (κ3) is 4.61. The van der Waals surface area contributed by atoms with Crippen molar-refractivity contribution in [3.8, 4) is 0 Å². The van der Waals surface area contributed by atoms with Gasteiger partial charge in [0.15, 0.2) is 5.76 Å². The number of rotatable bonds is 5. The van der Waals surface area contributed by atoms with Crippen LogP contribution in [0.4, 0.5) is 13.2 Å². The van der Waals surface area contributed by atoms with Gasteiger partial charge in [-0.05, 0) is 36.8 Å². The maximum atomic E-state index is 12.6. The van der Waals surface area contributed by atoms with Crippen LogP contribution in [-0.4, -0.2) is 17.9 Å². The Balaban J connectivity index is 1.89. The number of esters is 1. The highest BCUT2D eigenvalue weighted by Crippen LogP contribution is 2.29. The van der Waals surface area contributed by atoms with Crippen LogP contribution in [0.25, 0.3) is 0 Å². The van der Waals surface area contributed by atoms with Crippen molar-refractivity contribution < 1.29 is 31.9 Å². The minimum atomic E-state index is -4.47. The van der Waals surface area contributed by atoms with Crippen molar-refractivity contribution in [2.75, 3.05) is 0 Å². The molecule has 128 valence electrons. The van der Waals surface area contributed by atoms with Gasteiger partial charge in [-0.2, -0.15) is 13.2 Å². The maximum Gasteiger partial charge on any atom is 0.416 e. The molecule has 0 aliphatic heterocycles. The van der Waals surface area contributed by atoms with Crippen molar-refractivity contribution >= 4 is 11.9 Å². The highest BCUT2D eigenvalue weighted by Gasteiger charge is 2.30. The van der Waals surface area contributed by atoms with Gasteiger partial charge in [-0.1, -0.05) is 12.1 Å². The van der Waals surface area contributed by atoms with Crippen LogP contribution >= 0.6 is 0 Å². The predicted molar refractivity (Wildman–Crippen MR) is 76.9 cm³/mol. The lowest BCUT2D eigenvalue weighted by Crippen LogP contribution is -2.39. The Morgan fingerprint density at radius 1 is 1.25 bits per heavy atom. The van der Waals surface area contributed by atoms with E-state index in [1.165, 1.54) is 37.5 Å². The molecule has 0 saturated heterocycles. The summed E-state index contributed by atoms with van der Waals surface area (Å²) in [6, 6.07) is 6.44. The Labute approximate surface area is 135 Å². The first-order valence-electron chi connectivity index (χ1n) is 6.94. The summed E-state index contributed by atoms with van der Waals surface area (Å²) in [6.07, 6.45) is -3.16. The number of ether oxygens (including phenoxy) is 1. The van der Waals surface area contributed by atoms with Crippen molar-refractivity contribution in [1.29, 1.82) is 0 Å². The molecule has 24 heavy (non-hydrogen) atoms. The normalized spacial score (nSPS) is 12.5. The number of halogens is 3. The second kappa shape index (κ2) is 7.20. The van der Waals surface area contributed by atoms with Crippen LogP contribution in [0, 0.1) is 0 Å². The fourth-order valence-electron chi connectivity index (χ4n) is 1.85. The van der Waals surface area contributed by atoms with Gasteiger partial charge in [0.25, 0.3) is 5.91 Å². The molecule has 8 heteroatoms. The summed E-state index contributed by atoms with van der Waals surface area (Å²) in [6.45, 7) is 1.07. The van der Waals surface area contributed by atoms with E-state index in [1.54, 1.807) is 0 Å². The number of amides is 1. The first kappa shape index (κ1) is 17.6. The van der Waals surface area contributed by atoms with Crippen molar-refractivity contribution in [2.24, 2.45) is 0 Å².